The van der Waals surface area contributed by atoms with Crippen LogP contribution in [-0.4, -0.2) is 28.2 Å². The summed E-state index contributed by atoms with van der Waals surface area (Å²) in [6.45, 7) is 2.00. The van der Waals surface area contributed by atoms with Gasteiger partial charge in [-0.3, -0.25) is 5.10 Å². The van der Waals surface area contributed by atoms with Crippen LogP contribution in [0.2, 0.25) is 0 Å². The molecule has 1 N–H and O–H groups in total. The third kappa shape index (κ3) is 3.21. The Morgan fingerprint density at radius 3 is 3.00 bits per heavy atom. The zero-order valence-electron chi connectivity index (χ0n) is 11.4. The van der Waals surface area contributed by atoms with Gasteiger partial charge >= 0.3 is 0 Å². The number of aryl methyl sites for hydroxylation is 1. The average Bonchev–Trinajstić information content (AvgIpc) is 2.84. The van der Waals surface area contributed by atoms with Gasteiger partial charge in [-0.25, -0.2) is 0 Å². The number of benzene rings is 1. The number of methoxy groups -OCH3 is 1. The third-order valence-corrected chi connectivity index (χ3v) is 2.98. The van der Waals surface area contributed by atoms with Crippen molar-refractivity contribution in [2.24, 2.45) is 5.10 Å². The molecule has 0 aliphatic rings. The SMILES string of the molecule is CCc1n[nH]c(=S)n1/N=C\C=C\c1ccccc1OC. The summed E-state index contributed by atoms with van der Waals surface area (Å²) >= 11 is 5.11. The van der Waals surface area contributed by atoms with Crippen LogP contribution in [0, 0.1) is 4.77 Å². The summed E-state index contributed by atoms with van der Waals surface area (Å²) in [4.78, 5) is 0. The molecule has 0 aliphatic heterocycles. The number of aromatic nitrogens is 3. The quantitative estimate of drug-likeness (QED) is 0.679. The van der Waals surface area contributed by atoms with Gasteiger partial charge in [0.2, 0.25) is 4.77 Å². The Hall–Kier alpha value is -2.21. The van der Waals surface area contributed by atoms with E-state index in [2.05, 4.69) is 15.3 Å². The lowest BCUT2D eigenvalue weighted by molar-refractivity contribution is 0.414. The smallest absolute Gasteiger partial charge is 0.216 e. The van der Waals surface area contributed by atoms with Crippen molar-refractivity contribution in [2.75, 3.05) is 7.11 Å². The summed E-state index contributed by atoms with van der Waals surface area (Å²) in [5.74, 6) is 1.63. The van der Waals surface area contributed by atoms with Gasteiger partial charge in [-0.2, -0.15) is 14.9 Å². The number of allylic oxidation sites excluding steroid dienone is 1. The molecule has 0 saturated carbocycles. The van der Waals surface area contributed by atoms with Gasteiger partial charge in [0.15, 0.2) is 5.82 Å². The highest BCUT2D eigenvalue weighted by molar-refractivity contribution is 7.71. The topological polar surface area (TPSA) is 55.2 Å². The van der Waals surface area contributed by atoms with E-state index in [-0.39, 0.29) is 0 Å². The molecule has 0 saturated heterocycles. The molecule has 20 heavy (non-hydrogen) atoms. The summed E-state index contributed by atoms with van der Waals surface area (Å²) in [7, 11) is 1.65. The number of H-pyrrole nitrogens is 1. The molecule has 1 aromatic heterocycles. The molecule has 104 valence electrons. The molecule has 2 rings (SSSR count). The van der Waals surface area contributed by atoms with Crippen LogP contribution < -0.4 is 4.74 Å². The lowest BCUT2D eigenvalue weighted by Crippen LogP contribution is -1.96. The van der Waals surface area contributed by atoms with E-state index in [9.17, 15) is 0 Å². The second kappa shape index (κ2) is 6.81. The van der Waals surface area contributed by atoms with E-state index >= 15 is 0 Å². The lowest BCUT2D eigenvalue weighted by Gasteiger charge is -2.02. The van der Waals surface area contributed by atoms with Crippen molar-refractivity contribution in [3.8, 4) is 5.75 Å². The molecule has 6 heteroatoms. The molecular formula is C14H16N4OS. The molecule has 0 fully saturated rings. The van der Waals surface area contributed by atoms with Crippen LogP contribution in [0.25, 0.3) is 6.08 Å². The predicted molar refractivity (Wildman–Crippen MR) is 82.7 cm³/mol. The summed E-state index contributed by atoms with van der Waals surface area (Å²) in [5.41, 5.74) is 0.993. The van der Waals surface area contributed by atoms with Crippen LogP contribution in [0.5, 0.6) is 5.75 Å². The summed E-state index contributed by atoms with van der Waals surface area (Å²) in [5, 5.41) is 11.1. The molecule has 0 unspecified atom stereocenters. The Kier molecular flexibility index (Phi) is 4.84. The Morgan fingerprint density at radius 2 is 2.25 bits per heavy atom. The zero-order chi connectivity index (χ0) is 14.4. The molecule has 0 bridgehead atoms. The highest BCUT2D eigenvalue weighted by Gasteiger charge is 2.00. The van der Waals surface area contributed by atoms with E-state index in [4.69, 9.17) is 17.0 Å². The first-order chi connectivity index (χ1) is 9.76. The third-order valence-electron chi connectivity index (χ3n) is 2.72. The van der Waals surface area contributed by atoms with Gasteiger partial charge in [-0.1, -0.05) is 25.1 Å². The van der Waals surface area contributed by atoms with Crippen molar-refractivity contribution in [3.63, 3.8) is 0 Å². The number of nitrogens with one attached hydrogen (secondary N) is 1. The average molecular weight is 288 g/mol. The molecule has 0 spiro atoms. The van der Waals surface area contributed by atoms with E-state index < -0.39 is 0 Å². The first-order valence-electron chi connectivity index (χ1n) is 6.26. The number of ether oxygens (including phenoxy) is 1. The maximum Gasteiger partial charge on any atom is 0.216 e. The van der Waals surface area contributed by atoms with E-state index in [1.807, 2.05) is 43.3 Å². The Morgan fingerprint density at radius 1 is 1.45 bits per heavy atom. The molecule has 1 aromatic carbocycles. The number of hydrogen-bond donors (Lipinski definition) is 1. The van der Waals surface area contributed by atoms with Gasteiger partial charge in [0.1, 0.15) is 5.75 Å². The van der Waals surface area contributed by atoms with E-state index in [1.54, 1.807) is 18.0 Å². The molecule has 0 radical (unpaired) electrons. The zero-order valence-corrected chi connectivity index (χ0v) is 12.2. The fourth-order valence-electron chi connectivity index (χ4n) is 1.73. The van der Waals surface area contributed by atoms with Crippen molar-refractivity contribution < 1.29 is 4.74 Å². The Balaban J connectivity index is 2.15. The first kappa shape index (κ1) is 14.2. The molecule has 5 nitrogen and oxygen atoms in total. The van der Waals surface area contributed by atoms with Gasteiger partial charge in [-0.05, 0) is 30.4 Å². The molecule has 0 aliphatic carbocycles. The van der Waals surface area contributed by atoms with E-state index in [0.29, 0.717) is 4.77 Å². The normalized spacial score (nSPS) is 11.5. The maximum atomic E-state index is 5.27. The van der Waals surface area contributed by atoms with Gasteiger partial charge in [0.25, 0.3) is 0 Å². The number of nitrogens with zero attached hydrogens (tertiary/aromatic N) is 3. The summed E-state index contributed by atoms with van der Waals surface area (Å²) in [6, 6.07) is 7.78. The number of aromatic amines is 1. The van der Waals surface area contributed by atoms with E-state index in [1.165, 1.54) is 0 Å². The second-order valence-corrected chi connectivity index (χ2v) is 4.36. The Labute approximate surface area is 122 Å². The highest BCUT2D eigenvalue weighted by Crippen LogP contribution is 2.18. The monoisotopic (exact) mass is 288 g/mol. The highest BCUT2D eigenvalue weighted by atomic mass is 32.1. The largest absolute Gasteiger partial charge is 0.496 e. The van der Waals surface area contributed by atoms with Crippen LogP contribution in [0.4, 0.5) is 0 Å². The molecular weight excluding hydrogens is 272 g/mol. The predicted octanol–water partition coefficient (Wildman–Crippen LogP) is 3.06. The van der Waals surface area contributed by atoms with Crippen molar-refractivity contribution >= 4 is 24.5 Å². The van der Waals surface area contributed by atoms with Crippen LogP contribution in [0.3, 0.4) is 0 Å². The van der Waals surface area contributed by atoms with Crippen molar-refractivity contribution in [1.82, 2.24) is 14.9 Å². The van der Waals surface area contributed by atoms with Crippen molar-refractivity contribution in [1.29, 1.82) is 0 Å². The Bertz CT molecular complexity index is 684. The van der Waals surface area contributed by atoms with E-state index in [0.717, 1.165) is 23.6 Å². The summed E-state index contributed by atoms with van der Waals surface area (Å²) < 4.78 is 7.37. The van der Waals surface area contributed by atoms with Crippen LogP contribution in [0.15, 0.2) is 35.4 Å². The second-order valence-electron chi connectivity index (χ2n) is 3.98. The van der Waals surface area contributed by atoms with Crippen LogP contribution in [0.1, 0.15) is 18.3 Å². The van der Waals surface area contributed by atoms with Crippen molar-refractivity contribution in [2.45, 2.75) is 13.3 Å². The van der Waals surface area contributed by atoms with Gasteiger partial charge in [0, 0.05) is 18.2 Å². The van der Waals surface area contributed by atoms with Gasteiger partial charge in [0.05, 0.1) is 7.11 Å². The van der Waals surface area contributed by atoms with Gasteiger partial charge < -0.3 is 4.74 Å². The summed E-state index contributed by atoms with van der Waals surface area (Å²) in [6.07, 6.45) is 6.21. The minimum Gasteiger partial charge on any atom is -0.496 e. The fourth-order valence-corrected chi connectivity index (χ4v) is 1.93. The minimum atomic E-state index is 0.490. The van der Waals surface area contributed by atoms with Gasteiger partial charge in [-0.15, -0.1) is 0 Å². The standard InChI is InChI=1S/C14H16N4OS/c1-3-13-16-17-14(20)18(13)15-10-6-8-11-7-4-5-9-12(11)19-2/h4-10H,3H2,1-2H3,(H,17,20)/b8-6+,15-10-. The minimum absolute atomic E-state index is 0.490. The molecule has 2 aromatic rings. The van der Waals surface area contributed by atoms with Crippen LogP contribution in [-0.2, 0) is 6.42 Å². The lowest BCUT2D eigenvalue weighted by atomic mass is 10.2. The maximum absolute atomic E-state index is 5.27. The van der Waals surface area contributed by atoms with Crippen molar-refractivity contribution in [3.05, 3.63) is 46.5 Å². The first-order valence-corrected chi connectivity index (χ1v) is 6.67. The fraction of sp³-hybridized carbons (Fsp3) is 0.214. The number of hydrogen-bond acceptors (Lipinski definition) is 4. The molecule has 0 amide bonds. The number of rotatable bonds is 5. The molecule has 1 heterocycles. The van der Waals surface area contributed by atoms with Crippen LogP contribution >= 0.6 is 12.2 Å². The number of para-hydroxylation sites is 1. The molecule has 0 atom stereocenters.